The van der Waals surface area contributed by atoms with Gasteiger partial charge in [0.1, 0.15) is 6.54 Å². The quantitative estimate of drug-likeness (QED) is 0.548. The Hall–Kier alpha value is -3.09. The fourth-order valence-electron chi connectivity index (χ4n) is 3.49. The number of anilines is 1. The lowest BCUT2D eigenvalue weighted by Crippen LogP contribution is -3.08. The molecular formula is C22H19N2O3S+. The van der Waals surface area contributed by atoms with Gasteiger partial charge in [0.15, 0.2) is 18.1 Å². The number of nitrogens with one attached hydrogen (secondary N) is 2. The second-order valence-corrected chi connectivity index (χ2v) is 7.90. The minimum atomic E-state index is -0.236. The van der Waals surface area contributed by atoms with Crippen molar-refractivity contribution < 1.29 is 19.3 Å². The zero-order valence-electron chi connectivity index (χ0n) is 15.3. The summed E-state index contributed by atoms with van der Waals surface area (Å²) in [4.78, 5) is 40.6. The van der Waals surface area contributed by atoms with Gasteiger partial charge in [-0.05, 0) is 17.5 Å². The van der Waals surface area contributed by atoms with E-state index in [1.807, 2.05) is 24.6 Å². The van der Waals surface area contributed by atoms with E-state index in [9.17, 15) is 14.4 Å². The zero-order chi connectivity index (χ0) is 19.7. The van der Waals surface area contributed by atoms with Crippen LogP contribution in [0.25, 0.3) is 0 Å². The molecule has 1 atom stereocenters. The highest BCUT2D eigenvalue weighted by Crippen LogP contribution is 2.31. The van der Waals surface area contributed by atoms with Crippen molar-refractivity contribution in [1.82, 2.24) is 0 Å². The summed E-state index contributed by atoms with van der Waals surface area (Å²) in [5.74, 6) is -0.622. The van der Waals surface area contributed by atoms with Gasteiger partial charge in [0, 0.05) is 16.7 Å². The summed E-state index contributed by atoms with van der Waals surface area (Å²) < 4.78 is 0. The summed E-state index contributed by atoms with van der Waals surface area (Å²) in [6, 6.07) is 15.8. The van der Waals surface area contributed by atoms with E-state index in [2.05, 4.69) is 5.32 Å². The van der Waals surface area contributed by atoms with Gasteiger partial charge in [-0.3, -0.25) is 14.4 Å². The molecule has 0 spiro atoms. The molecule has 1 aliphatic carbocycles. The summed E-state index contributed by atoms with van der Waals surface area (Å²) in [5, 5.41) is 4.85. The number of carbonyl (C=O) groups is 3. The molecule has 140 valence electrons. The number of hydrogen-bond acceptors (Lipinski definition) is 4. The Morgan fingerprint density at radius 2 is 1.64 bits per heavy atom. The topological polar surface area (TPSA) is 67.7 Å². The van der Waals surface area contributed by atoms with E-state index in [1.54, 1.807) is 53.8 Å². The summed E-state index contributed by atoms with van der Waals surface area (Å²) in [6.07, 6.45) is 0. The third kappa shape index (κ3) is 3.40. The molecule has 0 saturated carbocycles. The van der Waals surface area contributed by atoms with Gasteiger partial charge in [-0.15, -0.1) is 11.3 Å². The first kappa shape index (κ1) is 18.3. The van der Waals surface area contributed by atoms with Gasteiger partial charge in [-0.1, -0.05) is 42.5 Å². The first-order valence-electron chi connectivity index (χ1n) is 8.99. The van der Waals surface area contributed by atoms with Gasteiger partial charge < -0.3 is 10.2 Å². The lowest BCUT2D eigenvalue weighted by atomic mass is 9.83. The van der Waals surface area contributed by atoms with E-state index in [1.165, 1.54) is 4.88 Å². The van der Waals surface area contributed by atoms with E-state index < -0.39 is 0 Å². The fraction of sp³-hybridized carbons (Fsp3) is 0.136. The number of rotatable bonds is 5. The minimum absolute atomic E-state index is 0.193. The van der Waals surface area contributed by atoms with Crippen LogP contribution in [0.4, 0.5) is 5.69 Å². The maximum atomic E-state index is 13.0. The number of amides is 1. The van der Waals surface area contributed by atoms with Gasteiger partial charge in [0.05, 0.1) is 23.2 Å². The van der Waals surface area contributed by atoms with Crippen LogP contribution in [-0.2, 0) is 11.3 Å². The molecule has 1 amide bonds. The molecule has 1 aromatic heterocycles. The molecule has 0 radical (unpaired) electrons. The Morgan fingerprint density at radius 1 is 0.929 bits per heavy atom. The van der Waals surface area contributed by atoms with Crippen LogP contribution in [-0.4, -0.2) is 31.1 Å². The van der Waals surface area contributed by atoms with Crippen LogP contribution in [0.3, 0.4) is 0 Å². The van der Waals surface area contributed by atoms with Gasteiger partial charge >= 0.3 is 0 Å². The standard InChI is InChI=1S/C22H18N2O3S/c1-24(12-14-6-5-11-28-14)13-19(25)23-18-10-4-9-17-20(18)22(27)16-8-3-2-7-15(16)21(17)26/h2-11H,12-13H2,1H3,(H,23,25)/p+1. The Morgan fingerprint density at radius 3 is 2.36 bits per heavy atom. The van der Waals surface area contributed by atoms with Crippen LogP contribution in [0.1, 0.15) is 36.7 Å². The smallest absolute Gasteiger partial charge is 0.279 e. The summed E-state index contributed by atoms with van der Waals surface area (Å²) >= 11 is 1.66. The predicted molar refractivity (Wildman–Crippen MR) is 108 cm³/mol. The van der Waals surface area contributed by atoms with E-state index in [-0.39, 0.29) is 29.6 Å². The molecule has 3 aromatic rings. The van der Waals surface area contributed by atoms with Crippen LogP contribution in [0.2, 0.25) is 0 Å². The van der Waals surface area contributed by atoms with Crippen LogP contribution in [0.15, 0.2) is 60.0 Å². The lowest BCUT2D eigenvalue weighted by molar-refractivity contribution is -0.884. The monoisotopic (exact) mass is 391 g/mol. The van der Waals surface area contributed by atoms with Gasteiger partial charge in [0.2, 0.25) is 0 Å². The second kappa shape index (κ2) is 7.50. The molecule has 1 aliphatic rings. The van der Waals surface area contributed by atoms with E-state index in [0.717, 1.165) is 11.4 Å². The Kier molecular flexibility index (Phi) is 4.90. The molecule has 2 aromatic carbocycles. The number of hydrogen-bond donors (Lipinski definition) is 2. The normalized spacial score (nSPS) is 13.6. The molecule has 28 heavy (non-hydrogen) atoms. The number of benzene rings is 2. The number of quaternary nitrogens is 1. The highest BCUT2D eigenvalue weighted by molar-refractivity contribution is 7.09. The highest BCUT2D eigenvalue weighted by atomic mass is 32.1. The SMILES string of the molecule is C[NH+](CC(=O)Nc1cccc2c1C(=O)c1ccccc1C2=O)Cc1cccs1. The second-order valence-electron chi connectivity index (χ2n) is 6.87. The van der Waals surface area contributed by atoms with Crippen molar-refractivity contribution >= 4 is 34.5 Å². The Balaban J connectivity index is 1.56. The number of ketones is 2. The third-order valence-corrected chi connectivity index (χ3v) is 5.62. The zero-order valence-corrected chi connectivity index (χ0v) is 16.1. The third-order valence-electron chi connectivity index (χ3n) is 4.74. The van der Waals surface area contributed by atoms with E-state index >= 15 is 0 Å². The minimum Gasteiger partial charge on any atom is -0.325 e. The van der Waals surface area contributed by atoms with Crippen LogP contribution >= 0.6 is 11.3 Å². The van der Waals surface area contributed by atoms with Crippen LogP contribution < -0.4 is 10.2 Å². The summed E-state index contributed by atoms with van der Waals surface area (Å²) in [6.45, 7) is 1.02. The molecule has 1 unspecified atom stereocenters. The lowest BCUT2D eigenvalue weighted by Gasteiger charge is -2.20. The number of likely N-dealkylation sites (N-methyl/N-ethyl adjacent to an activating group) is 1. The maximum Gasteiger partial charge on any atom is 0.279 e. The van der Waals surface area contributed by atoms with Crippen molar-refractivity contribution in [3.05, 3.63) is 87.1 Å². The first-order chi connectivity index (χ1) is 13.5. The molecule has 0 saturated heterocycles. The average Bonchev–Trinajstić information content (AvgIpc) is 3.18. The van der Waals surface area contributed by atoms with Crippen molar-refractivity contribution in [2.24, 2.45) is 0 Å². The molecule has 5 nitrogen and oxygen atoms in total. The van der Waals surface area contributed by atoms with E-state index in [0.29, 0.717) is 22.4 Å². The molecule has 2 N–H and O–H groups in total. The molecule has 1 heterocycles. The van der Waals surface area contributed by atoms with Crippen molar-refractivity contribution in [2.45, 2.75) is 6.54 Å². The van der Waals surface area contributed by atoms with Crippen molar-refractivity contribution in [3.8, 4) is 0 Å². The molecular weight excluding hydrogens is 372 g/mol. The number of thiophene rings is 1. The van der Waals surface area contributed by atoms with Crippen LogP contribution in [0, 0.1) is 0 Å². The molecule has 0 aliphatic heterocycles. The predicted octanol–water partition coefficient (Wildman–Crippen LogP) is 2.18. The number of fused-ring (bicyclic) bond motifs is 2. The Bertz CT molecular complexity index is 1070. The fourth-order valence-corrected chi connectivity index (χ4v) is 4.31. The average molecular weight is 391 g/mol. The summed E-state index contributed by atoms with van der Waals surface area (Å²) in [5.41, 5.74) is 1.78. The van der Waals surface area contributed by atoms with Crippen molar-refractivity contribution in [1.29, 1.82) is 0 Å². The number of carbonyl (C=O) groups excluding carboxylic acids is 3. The molecule has 6 heteroatoms. The van der Waals surface area contributed by atoms with Crippen molar-refractivity contribution in [3.63, 3.8) is 0 Å². The first-order valence-corrected chi connectivity index (χ1v) is 9.87. The Labute approximate surface area is 166 Å². The maximum absolute atomic E-state index is 13.0. The largest absolute Gasteiger partial charge is 0.325 e. The summed E-state index contributed by atoms with van der Waals surface area (Å²) in [7, 11) is 1.95. The van der Waals surface area contributed by atoms with Gasteiger partial charge in [-0.25, -0.2) is 0 Å². The molecule has 4 rings (SSSR count). The molecule has 0 fully saturated rings. The molecule has 0 bridgehead atoms. The van der Waals surface area contributed by atoms with Crippen LogP contribution in [0.5, 0.6) is 0 Å². The van der Waals surface area contributed by atoms with E-state index in [4.69, 9.17) is 0 Å². The van der Waals surface area contributed by atoms with Crippen molar-refractivity contribution in [2.75, 3.05) is 18.9 Å². The van der Waals surface area contributed by atoms with Gasteiger partial charge in [0.25, 0.3) is 5.91 Å². The van der Waals surface area contributed by atoms with Gasteiger partial charge in [-0.2, -0.15) is 0 Å². The highest BCUT2D eigenvalue weighted by Gasteiger charge is 2.31.